The van der Waals surface area contributed by atoms with E-state index in [0.717, 1.165) is 0 Å². The molecular weight excluding hydrogens is 240 g/mol. The second-order valence-electron chi connectivity index (χ2n) is 4.20. The summed E-state index contributed by atoms with van der Waals surface area (Å²) >= 11 is 0. The molecule has 0 aliphatic carbocycles. The van der Waals surface area contributed by atoms with Gasteiger partial charge in [-0.05, 0) is 19.3 Å². The minimum Gasteiger partial charge on any atom is -0.380 e. The zero-order valence-corrected chi connectivity index (χ0v) is 11.8. The predicted octanol–water partition coefficient (Wildman–Crippen LogP) is 1.27. The first-order chi connectivity index (χ1) is 7.88. The molecule has 0 bridgehead atoms. The topological polar surface area (TPSA) is 79.2 Å². The zero-order chi connectivity index (χ0) is 13.5. The van der Waals surface area contributed by atoms with Crippen LogP contribution in [0.15, 0.2) is 0 Å². The summed E-state index contributed by atoms with van der Waals surface area (Å²) in [6.07, 6.45) is 0.283. The van der Waals surface area contributed by atoms with Crippen LogP contribution >= 0.6 is 0 Å². The summed E-state index contributed by atoms with van der Waals surface area (Å²) in [5, 5.41) is 7.79. The van der Waals surface area contributed by atoms with Crippen molar-refractivity contribution >= 4 is 10.0 Å². The van der Waals surface area contributed by atoms with Crippen LogP contribution in [-0.4, -0.2) is 32.9 Å². The molecule has 2 unspecified atom stereocenters. The molecule has 0 heterocycles. The van der Waals surface area contributed by atoms with E-state index in [2.05, 4.69) is 4.72 Å². The van der Waals surface area contributed by atoms with Crippen molar-refractivity contribution in [1.82, 2.24) is 4.72 Å². The lowest BCUT2D eigenvalue weighted by molar-refractivity contribution is 0.116. The lowest BCUT2D eigenvalue weighted by atomic mass is 10.1. The van der Waals surface area contributed by atoms with E-state index in [1.54, 1.807) is 13.0 Å². The summed E-state index contributed by atoms with van der Waals surface area (Å²) in [6, 6.07) is 1.51. The Labute approximate surface area is 104 Å². The molecule has 0 saturated carbocycles. The second-order valence-corrected chi connectivity index (χ2v) is 6.09. The summed E-state index contributed by atoms with van der Waals surface area (Å²) in [7, 11) is -3.59. The number of nitriles is 1. The van der Waals surface area contributed by atoms with Crippen LogP contribution in [0.4, 0.5) is 0 Å². The van der Waals surface area contributed by atoms with Crippen LogP contribution in [0.3, 0.4) is 0 Å². The SMILES string of the molecule is CCOCC(NS(=O)(=O)C(C#N)CC)C(C)C. The maximum absolute atomic E-state index is 11.9. The highest BCUT2D eigenvalue weighted by atomic mass is 32.2. The van der Waals surface area contributed by atoms with Gasteiger partial charge in [0, 0.05) is 12.6 Å². The van der Waals surface area contributed by atoms with Gasteiger partial charge < -0.3 is 4.74 Å². The third-order valence-electron chi connectivity index (χ3n) is 2.51. The molecule has 100 valence electrons. The van der Waals surface area contributed by atoms with E-state index in [-0.39, 0.29) is 18.4 Å². The van der Waals surface area contributed by atoms with E-state index in [1.807, 2.05) is 20.8 Å². The second kappa shape index (κ2) is 7.64. The molecule has 5 nitrogen and oxygen atoms in total. The average Bonchev–Trinajstić information content (AvgIpc) is 2.25. The Morgan fingerprint density at radius 3 is 2.29 bits per heavy atom. The monoisotopic (exact) mass is 262 g/mol. The highest BCUT2D eigenvalue weighted by Gasteiger charge is 2.27. The molecule has 0 aromatic rings. The van der Waals surface area contributed by atoms with Crippen molar-refractivity contribution in [3.63, 3.8) is 0 Å². The maximum Gasteiger partial charge on any atom is 0.228 e. The summed E-state index contributed by atoms with van der Waals surface area (Å²) in [6.45, 7) is 8.24. The van der Waals surface area contributed by atoms with E-state index in [4.69, 9.17) is 10.00 Å². The minimum absolute atomic E-state index is 0.118. The summed E-state index contributed by atoms with van der Waals surface area (Å²) in [5.41, 5.74) is 0. The number of hydrogen-bond acceptors (Lipinski definition) is 4. The van der Waals surface area contributed by atoms with E-state index in [0.29, 0.717) is 13.2 Å². The van der Waals surface area contributed by atoms with E-state index >= 15 is 0 Å². The smallest absolute Gasteiger partial charge is 0.228 e. The van der Waals surface area contributed by atoms with Crippen molar-refractivity contribution in [2.75, 3.05) is 13.2 Å². The number of ether oxygens (including phenoxy) is 1. The Morgan fingerprint density at radius 1 is 1.35 bits per heavy atom. The standard InChI is InChI=1S/C11H22N2O3S/c1-5-10(7-12)17(14,15)13-11(9(3)4)8-16-6-2/h9-11,13H,5-6,8H2,1-4H3. The van der Waals surface area contributed by atoms with Gasteiger partial charge >= 0.3 is 0 Å². The molecule has 0 amide bonds. The van der Waals surface area contributed by atoms with Crippen LogP contribution in [0, 0.1) is 17.2 Å². The minimum atomic E-state index is -3.59. The number of nitrogens with one attached hydrogen (secondary N) is 1. The number of hydrogen-bond donors (Lipinski definition) is 1. The lowest BCUT2D eigenvalue weighted by Gasteiger charge is -2.23. The molecule has 0 rings (SSSR count). The number of nitrogens with zero attached hydrogens (tertiary/aromatic N) is 1. The first-order valence-electron chi connectivity index (χ1n) is 5.87. The molecule has 0 spiro atoms. The van der Waals surface area contributed by atoms with Gasteiger partial charge in [0.25, 0.3) is 0 Å². The van der Waals surface area contributed by atoms with Crippen LogP contribution in [0.25, 0.3) is 0 Å². The molecule has 0 aromatic carbocycles. The third-order valence-corrected chi connectivity index (χ3v) is 4.33. The summed E-state index contributed by atoms with van der Waals surface area (Å²) in [5.74, 6) is 0.118. The molecule has 6 heteroatoms. The summed E-state index contributed by atoms with van der Waals surface area (Å²) < 4.78 is 31.6. The fourth-order valence-corrected chi connectivity index (χ4v) is 2.78. The van der Waals surface area contributed by atoms with E-state index < -0.39 is 15.3 Å². The fraction of sp³-hybridized carbons (Fsp3) is 0.909. The van der Waals surface area contributed by atoms with Crippen LogP contribution in [-0.2, 0) is 14.8 Å². The quantitative estimate of drug-likeness (QED) is 0.714. The number of sulfonamides is 1. The molecule has 1 N–H and O–H groups in total. The Balaban J connectivity index is 4.70. The Hall–Kier alpha value is -0.640. The first kappa shape index (κ1) is 16.4. The Morgan fingerprint density at radius 2 is 1.94 bits per heavy atom. The fourth-order valence-electron chi connectivity index (χ4n) is 1.28. The first-order valence-corrected chi connectivity index (χ1v) is 7.42. The van der Waals surface area contributed by atoms with E-state index in [9.17, 15) is 8.42 Å². The van der Waals surface area contributed by atoms with Crippen LogP contribution in [0.1, 0.15) is 34.1 Å². The van der Waals surface area contributed by atoms with Gasteiger partial charge in [0.05, 0.1) is 12.7 Å². The maximum atomic E-state index is 11.9. The van der Waals surface area contributed by atoms with Gasteiger partial charge in [0.2, 0.25) is 10.0 Å². The normalized spacial score (nSPS) is 15.5. The Kier molecular flexibility index (Phi) is 7.35. The van der Waals surface area contributed by atoms with Crippen LogP contribution < -0.4 is 4.72 Å². The van der Waals surface area contributed by atoms with Gasteiger partial charge in [-0.1, -0.05) is 20.8 Å². The molecular formula is C11H22N2O3S. The molecule has 0 radical (unpaired) electrons. The molecule has 0 aromatic heterocycles. The zero-order valence-electron chi connectivity index (χ0n) is 10.9. The van der Waals surface area contributed by atoms with Crippen molar-refractivity contribution in [3.05, 3.63) is 0 Å². The molecule has 17 heavy (non-hydrogen) atoms. The molecule has 0 aliphatic rings. The lowest BCUT2D eigenvalue weighted by Crippen LogP contribution is -2.45. The van der Waals surface area contributed by atoms with E-state index in [1.165, 1.54) is 0 Å². The molecule has 0 aliphatic heterocycles. The van der Waals surface area contributed by atoms with Gasteiger partial charge in [-0.3, -0.25) is 0 Å². The van der Waals surface area contributed by atoms with Crippen molar-refractivity contribution < 1.29 is 13.2 Å². The van der Waals surface area contributed by atoms with Crippen molar-refractivity contribution in [3.8, 4) is 6.07 Å². The van der Waals surface area contributed by atoms with Crippen molar-refractivity contribution in [2.45, 2.75) is 45.4 Å². The largest absolute Gasteiger partial charge is 0.380 e. The summed E-state index contributed by atoms with van der Waals surface area (Å²) in [4.78, 5) is 0. The van der Waals surface area contributed by atoms with Gasteiger partial charge in [0.15, 0.2) is 5.25 Å². The van der Waals surface area contributed by atoms with Gasteiger partial charge in [-0.15, -0.1) is 0 Å². The molecule has 0 fully saturated rings. The van der Waals surface area contributed by atoms with Crippen LogP contribution in [0.2, 0.25) is 0 Å². The van der Waals surface area contributed by atoms with Gasteiger partial charge in [0.1, 0.15) is 0 Å². The van der Waals surface area contributed by atoms with Crippen molar-refractivity contribution in [2.24, 2.45) is 5.92 Å². The highest BCUT2D eigenvalue weighted by molar-refractivity contribution is 7.90. The van der Waals surface area contributed by atoms with Gasteiger partial charge in [-0.25, -0.2) is 13.1 Å². The third kappa shape index (κ3) is 5.48. The molecule has 2 atom stereocenters. The molecule has 0 saturated heterocycles. The Bertz CT molecular complexity index is 346. The van der Waals surface area contributed by atoms with Crippen LogP contribution in [0.5, 0.6) is 0 Å². The van der Waals surface area contributed by atoms with Gasteiger partial charge in [-0.2, -0.15) is 5.26 Å². The highest BCUT2D eigenvalue weighted by Crippen LogP contribution is 2.09. The average molecular weight is 262 g/mol. The number of rotatable bonds is 8. The predicted molar refractivity (Wildman–Crippen MR) is 66.9 cm³/mol. The van der Waals surface area contributed by atoms with Crippen molar-refractivity contribution in [1.29, 1.82) is 5.26 Å².